The second-order valence-electron chi connectivity index (χ2n) is 4.38. The Bertz CT molecular complexity index is 622. The first kappa shape index (κ1) is 16.2. The van der Waals surface area contributed by atoms with Crippen molar-refractivity contribution in [3.05, 3.63) is 23.8 Å². The van der Waals surface area contributed by atoms with Gasteiger partial charge in [-0.2, -0.15) is 0 Å². The second kappa shape index (κ2) is 6.52. The minimum atomic E-state index is -0.237. The van der Waals surface area contributed by atoms with Crippen LogP contribution in [0.4, 0.5) is 5.82 Å². The lowest BCUT2D eigenvalue weighted by Gasteiger charge is -2.02. The number of hydrogen-bond acceptors (Lipinski definition) is 4. The Balaban J connectivity index is 0.00000200. The lowest BCUT2D eigenvalue weighted by atomic mass is 10.1. The largest absolute Gasteiger partial charge is 0.497 e. The van der Waals surface area contributed by atoms with Gasteiger partial charge in [0, 0.05) is 29.9 Å². The molecule has 2 rings (SSSR count). The lowest BCUT2D eigenvalue weighted by Crippen LogP contribution is -2.04. The van der Waals surface area contributed by atoms with E-state index in [2.05, 4.69) is 4.74 Å². The molecule has 6 heteroatoms. The highest BCUT2D eigenvalue weighted by Gasteiger charge is 2.14. The molecule has 0 aliphatic heterocycles. The number of anilines is 1. The van der Waals surface area contributed by atoms with Gasteiger partial charge in [0.2, 0.25) is 0 Å². The van der Waals surface area contributed by atoms with Crippen LogP contribution in [0.25, 0.3) is 10.9 Å². The fourth-order valence-corrected chi connectivity index (χ4v) is 2.24. The van der Waals surface area contributed by atoms with Crippen molar-refractivity contribution in [3.63, 3.8) is 0 Å². The number of aromatic nitrogens is 1. The maximum atomic E-state index is 11.3. The summed E-state index contributed by atoms with van der Waals surface area (Å²) in [6.45, 7) is 0. The first-order chi connectivity index (χ1) is 9.08. The van der Waals surface area contributed by atoms with Gasteiger partial charge in [-0.15, -0.1) is 12.4 Å². The molecule has 2 aromatic rings. The highest BCUT2D eigenvalue weighted by Crippen LogP contribution is 2.31. The number of carbonyl (C=O) groups is 1. The van der Waals surface area contributed by atoms with Crippen molar-refractivity contribution >= 4 is 35.1 Å². The molecule has 0 atom stereocenters. The molecular formula is C14H19ClN2O3. The molecule has 0 spiro atoms. The minimum Gasteiger partial charge on any atom is -0.497 e. The van der Waals surface area contributed by atoms with E-state index in [1.807, 2.05) is 29.8 Å². The first-order valence-electron chi connectivity index (χ1n) is 6.06. The van der Waals surface area contributed by atoms with Gasteiger partial charge >= 0.3 is 5.97 Å². The van der Waals surface area contributed by atoms with E-state index in [9.17, 15) is 4.79 Å². The Kier molecular flexibility index (Phi) is 5.27. The van der Waals surface area contributed by atoms with Gasteiger partial charge in [0.1, 0.15) is 11.6 Å². The Morgan fingerprint density at radius 1 is 1.35 bits per heavy atom. The number of esters is 1. The molecule has 0 saturated heterocycles. The van der Waals surface area contributed by atoms with Crippen molar-refractivity contribution in [3.8, 4) is 5.75 Å². The number of carbonyl (C=O) groups excluding carboxylic acids is 1. The molecule has 110 valence electrons. The molecule has 0 aliphatic rings. The van der Waals surface area contributed by atoms with Gasteiger partial charge in [0.05, 0.1) is 14.2 Å². The molecule has 20 heavy (non-hydrogen) atoms. The number of aryl methyl sites for hydroxylation is 2. The third-order valence-corrected chi connectivity index (χ3v) is 3.37. The van der Waals surface area contributed by atoms with E-state index in [1.165, 1.54) is 7.11 Å². The number of nitrogens with zero attached hydrogens (tertiary/aromatic N) is 1. The molecule has 0 saturated carbocycles. The molecule has 0 unspecified atom stereocenters. The Hall–Kier alpha value is -1.88. The molecule has 0 amide bonds. The number of halogens is 1. The summed E-state index contributed by atoms with van der Waals surface area (Å²) in [7, 11) is 4.92. The summed E-state index contributed by atoms with van der Waals surface area (Å²) in [6, 6.07) is 5.80. The third-order valence-electron chi connectivity index (χ3n) is 3.37. The Morgan fingerprint density at radius 2 is 2.05 bits per heavy atom. The zero-order chi connectivity index (χ0) is 14.0. The van der Waals surface area contributed by atoms with E-state index < -0.39 is 0 Å². The number of methoxy groups -OCH3 is 2. The highest BCUT2D eigenvalue weighted by atomic mass is 35.5. The van der Waals surface area contributed by atoms with E-state index >= 15 is 0 Å². The Labute approximate surface area is 124 Å². The second-order valence-corrected chi connectivity index (χ2v) is 4.38. The van der Waals surface area contributed by atoms with Crippen LogP contribution < -0.4 is 10.5 Å². The van der Waals surface area contributed by atoms with Crippen LogP contribution in [0.5, 0.6) is 5.75 Å². The van der Waals surface area contributed by atoms with Crippen LogP contribution in [0.2, 0.25) is 0 Å². The van der Waals surface area contributed by atoms with Crippen molar-refractivity contribution in [1.29, 1.82) is 0 Å². The maximum Gasteiger partial charge on any atom is 0.305 e. The van der Waals surface area contributed by atoms with Gasteiger partial charge in [0.25, 0.3) is 0 Å². The molecular weight excluding hydrogens is 280 g/mol. The average Bonchev–Trinajstić information content (AvgIpc) is 2.68. The smallest absolute Gasteiger partial charge is 0.305 e. The van der Waals surface area contributed by atoms with Crippen LogP contribution in [-0.4, -0.2) is 24.8 Å². The lowest BCUT2D eigenvalue weighted by molar-refractivity contribution is -0.140. The number of rotatable bonds is 4. The summed E-state index contributed by atoms with van der Waals surface area (Å²) < 4.78 is 11.8. The molecule has 1 heterocycles. The van der Waals surface area contributed by atoms with E-state index in [0.717, 1.165) is 22.2 Å². The Morgan fingerprint density at radius 3 is 2.65 bits per heavy atom. The number of hydrogen-bond donors (Lipinski definition) is 1. The SMILES string of the molecule is COC(=O)CCc1c(N)n(C)c2ccc(OC)cc12.Cl. The molecule has 1 aromatic carbocycles. The summed E-state index contributed by atoms with van der Waals surface area (Å²) in [5.74, 6) is 1.21. The summed E-state index contributed by atoms with van der Waals surface area (Å²) >= 11 is 0. The van der Waals surface area contributed by atoms with Crippen molar-refractivity contribution in [2.45, 2.75) is 12.8 Å². The summed E-state index contributed by atoms with van der Waals surface area (Å²) in [5.41, 5.74) is 8.09. The maximum absolute atomic E-state index is 11.3. The minimum absolute atomic E-state index is 0. The normalized spacial score (nSPS) is 10.2. The number of nitrogen functional groups attached to an aromatic ring is 1. The molecule has 2 N–H and O–H groups in total. The van der Waals surface area contributed by atoms with Crippen molar-refractivity contribution in [2.75, 3.05) is 20.0 Å². The van der Waals surface area contributed by atoms with E-state index in [-0.39, 0.29) is 18.4 Å². The molecule has 0 radical (unpaired) electrons. The van der Waals surface area contributed by atoms with Crippen LogP contribution in [0.15, 0.2) is 18.2 Å². The van der Waals surface area contributed by atoms with Gasteiger partial charge in [-0.25, -0.2) is 0 Å². The van der Waals surface area contributed by atoms with Gasteiger partial charge in [-0.05, 0) is 24.6 Å². The van der Waals surface area contributed by atoms with Crippen molar-refractivity contribution in [1.82, 2.24) is 4.57 Å². The monoisotopic (exact) mass is 298 g/mol. The zero-order valence-corrected chi connectivity index (χ0v) is 12.6. The number of fused-ring (bicyclic) bond motifs is 1. The molecule has 0 fully saturated rings. The average molecular weight is 299 g/mol. The van der Waals surface area contributed by atoms with Gasteiger partial charge < -0.3 is 19.8 Å². The van der Waals surface area contributed by atoms with Crippen molar-refractivity contribution < 1.29 is 14.3 Å². The predicted octanol–water partition coefficient (Wildman–Crippen LogP) is 2.30. The fraction of sp³-hybridized carbons (Fsp3) is 0.357. The van der Waals surface area contributed by atoms with E-state index in [4.69, 9.17) is 10.5 Å². The molecule has 0 aliphatic carbocycles. The standard InChI is InChI=1S/C14H18N2O3.ClH/c1-16-12-6-4-9(18-2)8-11(12)10(14(16)15)5-7-13(17)19-3;/h4,6,8H,5,7,15H2,1-3H3;1H. The molecule has 1 aromatic heterocycles. The van der Waals surface area contributed by atoms with Crippen LogP contribution in [0.3, 0.4) is 0 Å². The van der Waals surface area contributed by atoms with Crippen LogP contribution in [0.1, 0.15) is 12.0 Å². The van der Waals surface area contributed by atoms with Gasteiger partial charge in [-0.1, -0.05) is 0 Å². The molecule has 0 bridgehead atoms. The highest BCUT2D eigenvalue weighted by molar-refractivity contribution is 5.90. The summed E-state index contributed by atoms with van der Waals surface area (Å²) in [4.78, 5) is 11.3. The van der Waals surface area contributed by atoms with Crippen molar-refractivity contribution in [2.24, 2.45) is 7.05 Å². The van der Waals surface area contributed by atoms with Crippen LogP contribution in [0, 0.1) is 0 Å². The predicted molar refractivity (Wildman–Crippen MR) is 81.5 cm³/mol. The van der Waals surface area contributed by atoms with Crippen LogP contribution >= 0.6 is 12.4 Å². The van der Waals surface area contributed by atoms with Gasteiger partial charge in [-0.3, -0.25) is 4.79 Å². The van der Waals surface area contributed by atoms with E-state index in [0.29, 0.717) is 18.7 Å². The molecule has 5 nitrogen and oxygen atoms in total. The topological polar surface area (TPSA) is 66.5 Å². The fourth-order valence-electron chi connectivity index (χ4n) is 2.24. The number of nitrogens with two attached hydrogens (primary N) is 1. The summed E-state index contributed by atoms with van der Waals surface area (Å²) in [5, 5.41) is 1.02. The summed E-state index contributed by atoms with van der Waals surface area (Å²) in [6.07, 6.45) is 0.875. The van der Waals surface area contributed by atoms with E-state index in [1.54, 1.807) is 7.11 Å². The quantitative estimate of drug-likeness (QED) is 0.880. The number of benzene rings is 1. The number of ether oxygens (including phenoxy) is 2. The van der Waals surface area contributed by atoms with Crippen LogP contribution in [-0.2, 0) is 23.0 Å². The van der Waals surface area contributed by atoms with Gasteiger partial charge in [0.15, 0.2) is 0 Å². The third kappa shape index (κ3) is 2.82. The first-order valence-corrected chi connectivity index (χ1v) is 6.06. The zero-order valence-electron chi connectivity index (χ0n) is 11.8.